The highest BCUT2D eigenvalue weighted by Crippen LogP contribution is 2.15. The summed E-state index contributed by atoms with van der Waals surface area (Å²) >= 11 is 0. The largest absolute Gasteiger partial charge is 0.352 e. The highest BCUT2D eigenvalue weighted by molar-refractivity contribution is 7.89. The topological polar surface area (TPSA) is 122 Å². The van der Waals surface area contributed by atoms with Gasteiger partial charge < -0.3 is 16.0 Å². The number of hydrogen-bond donors (Lipinski definition) is 3. The van der Waals surface area contributed by atoms with Crippen LogP contribution in [0, 0.1) is 0 Å². The standard InChI is InChI=1S/C15H22N4O4S/c1-11(17-15(16)21)14(20)19-9-7-12(8-10-19)18-24(22,23)13-5-3-2-4-6-13/h2-6,11-12,18H,7-10H2,1H3,(H3,16,17,21)/t11-/m1/s1. The van der Waals surface area contributed by atoms with E-state index in [1.54, 1.807) is 30.0 Å². The Morgan fingerprint density at radius 1 is 1.21 bits per heavy atom. The van der Waals surface area contributed by atoms with Crippen molar-refractivity contribution in [2.45, 2.75) is 36.7 Å². The van der Waals surface area contributed by atoms with E-state index in [1.165, 1.54) is 12.1 Å². The molecule has 0 saturated carbocycles. The minimum Gasteiger partial charge on any atom is -0.352 e. The molecule has 2 rings (SSSR count). The first-order valence-electron chi connectivity index (χ1n) is 7.72. The molecule has 132 valence electrons. The zero-order chi connectivity index (χ0) is 17.7. The minimum absolute atomic E-state index is 0.223. The third-order valence-corrected chi connectivity index (χ3v) is 5.45. The monoisotopic (exact) mass is 354 g/mol. The fraction of sp³-hybridized carbons (Fsp3) is 0.467. The van der Waals surface area contributed by atoms with Crippen LogP contribution in [0.2, 0.25) is 0 Å². The number of rotatable bonds is 5. The number of nitrogens with zero attached hydrogens (tertiary/aromatic N) is 1. The first kappa shape index (κ1) is 18.2. The maximum Gasteiger partial charge on any atom is 0.312 e. The SMILES string of the molecule is C[C@@H](NC(N)=O)C(=O)N1CCC(NS(=O)(=O)c2ccccc2)CC1. The Bertz CT molecular complexity index is 685. The molecule has 24 heavy (non-hydrogen) atoms. The molecule has 0 aliphatic carbocycles. The number of sulfonamides is 1. The summed E-state index contributed by atoms with van der Waals surface area (Å²) in [6, 6.07) is 6.51. The molecule has 1 heterocycles. The summed E-state index contributed by atoms with van der Waals surface area (Å²) in [5, 5.41) is 2.35. The molecule has 1 atom stereocenters. The van der Waals surface area contributed by atoms with Crippen LogP contribution >= 0.6 is 0 Å². The molecule has 0 aromatic heterocycles. The van der Waals surface area contributed by atoms with Gasteiger partial charge >= 0.3 is 6.03 Å². The summed E-state index contributed by atoms with van der Waals surface area (Å²) in [5.74, 6) is -0.224. The summed E-state index contributed by atoms with van der Waals surface area (Å²) < 4.78 is 27.3. The fourth-order valence-electron chi connectivity index (χ4n) is 2.65. The van der Waals surface area contributed by atoms with Crippen molar-refractivity contribution in [1.29, 1.82) is 0 Å². The molecule has 3 amide bonds. The van der Waals surface area contributed by atoms with Crippen molar-refractivity contribution < 1.29 is 18.0 Å². The van der Waals surface area contributed by atoms with Crippen LogP contribution < -0.4 is 15.8 Å². The second kappa shape index (κ2) is 7.63. The molecule has 0 bridgehead atoms. The van der Waals surface area contributed by atoms with Crippen molar-refractivity contribution in [3.05, 3.63) is 30.3 Å². The Morgan fingerprint density at radius 3 is 2.33 bits per heavy atom. The van der Waals surface area contributed by atoms with Crippen molar-refractivity contribution in [2.24, 2.45) is 5.73 Å². The number of piperidine rings is 1. The summed E-state index contributed by atoms with van der Waals surface area (Å²) in [6.07, 6.45) is 1.03. The lowest BCUT2D eigenvalue weighted by Gasteiger charge is -2.33. The van der Waals surface area contributed by atoms with Gasteiger partial charge in [0, 0.05) is 19.1 Å². The Kier molecular flexibility index (Phi) is 5.79. The zero-order valence-corrected chi connectivity index (χ0v) is 14.3. The van der Waals surface area contributed by atoms with Gasteiger partial charge in [0.1, 0.15) is 6.04 Å². The molecule has 0 radical (unpaired) electrons. The molecular weight excluding hydrogens is 332 g/mol. The smallest absolute Gasteiger partial charge is 0.312 e. The minimum atomic E-state index is -3.56. The zero-order valence-electron chi connectivity index (χ0n) is 13.4. The quantitative estimate of drug-likeness (QED) is 0.689. The van der Waals surface area contributed by atoms with Gasteiger partial charge in [0.05, 0.1) is 4.90 Å². The maximum absolute atomic E-state index is 12.3. The molecule has 1 aromatic carbocycles. The third kappa shape index (κ3) is 4.68. The molecule has 1 fully saturated rings. The number of urea groups is 1. The second-order valence-corrected chi connectivity index (χ2v) is 7.48. The first-order chi connectivity index (χ1) is 11.3. The molecule has 1 saturated heterocycles. The van der Waals surface area contributed by atoms with E-state index in [0.29, 0.717) is 25.9 Å². The average Bonchev–Trinajstić information content (AvgIpc) is 2.55. The number of hydrogen-bond acceptors (Lipinski definition) is 4. The van der Waals surface area contributed by atoms with Gasteiger partial charge in [-0.25, -0.2) is 17.9 Å². The van der Waals surface area contributed by atoms with Crippen LogP contribution in [0.3, 0.4) is 0 Å². The van der Waals surface area contributed by atoms with Gasteiger partial charge in [0.15, 0.2) is 0 Å². The van der Waals surface area contributed by atoms with Crippen molar-refractivity contribution in [2.75, 3.05) is 13.1 Å². The lowest BCUT2D eigenvalue weighted by Crippen LogP contribution is -2.52. The van der Waals surface area contributed by atoms with Crippen molar-refractivity contribution in [3.8, 4) is 0 Å². The van der Waals surface area contributed by atoms with Crippen LogP contribution in [0.25, 0.3) is 0 Å². The van der Waals surface area contributed by atoms with Crippen molar-refractivity contribution in [1.82, 2.24) is 14.9 Å². The molecule has 0 unspecified atom stereocenters. The van der Waals surface area contributed by atoms with E-state index in [-0.39, 0.29) is 16.8 Å². The van der Waals surface area contributed by atoms with Crippen LogP contribution in [-0.2, 0) is 14.8 Å². The van der Waals surface area contributed by atoms with Crippen LogP contribution in [0.1, 0.15) is 19.8 Å². The molecule has 8 nitrogen and oxygen atoms in total. The number of primary amides is 1. The van der Waals surface area contributed by atoms with E-state index in [4.69, 9.17) is 5.73 Å². The first-order valence-corrected chi connectivity index (χ1v) is 9.20. The van der Waals surface area contributed by atoms with Gasteiger partial charge in [-0.1, -0.05) is 18.2 Å². The van der Waals surface area contributed by atoms with Gasteiger partial charge in [-0.2, -0.15) is 0 Å². The van der Waals surface area contributed by atoms with Gasteiger partial charge in [-0.15, -0.1) is 0 Å². The van der Waals surface area contributed by atoms with Crippen LogP contribution in [-0.4, -0.2) is 50.4 Å². The summed E-state index contributed by atoms with van der Waals surface area (Å²) in [7, 11) is -3.56. The number of benzene rings is 1. The van der Waals surface area contributed by atoms with Crippen molar-refractivity contribution in [3.63, 3.8) is 0 Å². The number of carbonyl (C=O) groups is 2. The van der Waals surface area contributed by atoms with Crippen LogP contribution in [0.5, 0.6) is 0 Å². The number of amides is 3. The normalized spacial score (nSPS) is 17.3. The maximum atomic E-state index is 12.3. The van der Waals surface area contributed by atoms with E-state index in [1.807, 2.05) is 0 Å². The van der Waals surface area contributed by atoms with Crippen molar-refractivity contribution >= 4 is 22.0 Å². The Balaban J connectivity index is 1.89. The fourth-order valence-corrected chi connectivity index (χ4v) is 3.98. The number of nitrogens with two attached hydrogens (primary N) is 1. The highest BCUT2D eigenvalue weighted by Gasteiger charge is 2.28. The van der Waals surface area contributed by atoms with Gasteiger partial charge in [0.2, 0.25) is 15.9 Å². The molecule has 9 heteroatoms. The highest BCUT2D eigenvalue weighted by atomic mass is 32.2. The lowest BCUT2D eigenvalue weighted by molar-refractivity contribution is -0.133. The van der Waals surface area contributed by atoms with E-state index in [2.05, 4.69) is 10.0 Å². The molecule has 4 N–H and O–H groups in total. The van der Waals surface area contributed by atoms with Gasteiger partial charge in [-0.3, -0.25) is 4.79 Å². The predicted octanol–water partition coefficient (Wildman–Crippen LogP) is 0.0127. The van der Waals surface area contributed by atoms with Crippen LogP contribution in [0.15, 0.2) is 35.2 Å². The van der Waals surface area contributed by atoms with E-state index < -0.39 is 22.1 Å². The molecular formula is C15H22N4O4S. The van der Waals surface area contributed by atoms with Crippen LogP contribution in [0.4, 0.5) is 4.79 Å². The molecule has 1 aromatic rings. The summed E-state index contributed by atoms with van der Waals surface area (Å²) in [4.78, 5) is 24.8. The third-order valence-electron chi connectivity index (χ3n) is 3.91. The second-order valence-electron chi connectivity index (χ2n) is 5.76. The van der Waals surface area contributed by atoms with E-state index in [0.717, 1.165) is 0 Å². The summed E-state index contributed by atoms with van der Waals surface area (Å²) in [5.41, 5.74) is 5.01. The average molecular weight is 354 g/mol. The Labute approximate surface area is 141 Å². The Morgan fingerprint density at radius 2 is 1.79 bits per heavy atom. The molecule has 1 aliphatic rings. The van der Waals surface area contributed by atoms with E-state index in [9.17, 15) is 18.0 Å². The predicted molar refractivity (Wildman–Crippen MR) is 88.5 cm³/mol. The number of carbonyl (C=O) groups excluding carboxylic acids is 2. The molecule has 1 aliphatic heterocycles. The van der Waals surface area contributed by atoms with E-state index >= 15 is 0 Å². The van der Waals surface area contributed by atoms with Gasteiger partial charge in [-0.05, 0) is 31.9 Å². The summed E-state index contributed by atoms with van der Waals surface area (Å²) in [6.45, 7) is 2.41. The number of likely N-dealkylation sites (tertiary alicyclic amines) is 1. The molecule has 0 spiro atoms. The lowest BCUT2D eigenvalue weighted by atomic mass is 10.1. The van der Waals surface area contributed by atoms with Gasteiger partial charge in [0.25, 0.3) is 0 Å². The number of nitrogens with one attached hydrogen (secondary N) is 2. The Hall–Kier alpha value is -2.13.